The van der Waals surface area contributed by atoms with E-state index in [1.54, 1.807) is 31.2 Å². The van der Waals surface area contributed by atoms with E-state index < -0.39 is 39.1 Å². The molecule has 0 fully saturated rings. The Morgan fingerprint density at radius 1 is 1.11 bits per heavy atom. The first-order chi connectivity index (χ1) is 17.5. The number of hydroxylamine groups is 2. The van der Waals surface area contributed by atoms with Crippen molar-refractivity contribution in [2.75, 3.05) is 7.11 Å². The molecule has 0 saturated heterocycles. The van der Waals surface area contributed by atoms with Gasteiger partial charge in [0.05, 0.1) is 28.5 Å². The Bertz CT molecular complexity index is 1420. The molecule has 0 aliphatic carbocycles. The van der Waals surface area contributed by atoms with Crippen molar-refractivity contribution in [1.82, 2.24) is 16.3 Å². The van der Waals surface area contributed by atoms with Crippen LogP contribution in [0.1, 0.15) is 28.4 Å². The quantitative estimate of drug-likeness (QED) is 0.187. The highest BCUT2D eigenvalue weighted by Gasteiger charge is 2.60. The van der Waals surface area contributed by atoms with Crippen LogP contribution in [-0.4, -0.2) is 19.2 Å². The summed E-state index contributed by atoms with van der Waals surface area (Å²) in [6, 6.07) is 11.3. The topological polar surface area (TPSA) is 71.6 Å². The van der Waals surface area contributed by atoms with E-state index in [0.717, 1.165) is 18.2 Å². The molecule has 4 rings (SSSR count). The molecule has 0 saturated carbocycles. The van der Waals surface area contributed by atoms with Crippen molar-refractivity contribution in [3.63, 3.8) is 0 Å². The number of rotatable bonds is 6. The van der Waals surface area contributed by atoms with E-state index in [1.807, 2.05) is 0 Å². The summed E-state index contributed by atoms with van der Waals surface area (Å²) in [5.41, 5.74) is 2.56. The second-order valence-electron chi connectivity index (χ2n) is 8.06. The van der Waals surface area contributed by atoms with Crippen molar-refractivity contribution < 1.29 is 32.0 Å². The van der Waals surface area contributed by atoms with Gasteiger partial charge in [-0.25, -0.2) is 4.39 Å². The molecule has 3 N–H and O–H groups in total. The second-order valence-corrected chi connectivity index (χ2v) is 8.88. The molecular formula is C25H19Cl2F4N3O3. The van der Waals surface area contributed by atoms with Gasteiger partial charge in [-0.05, 0) is 42.0 Å². The van der Waals surface area contributed by atoms with Gasteiger partial charge < -0.3 is 5.32 Å². The second kappa shape index (κ2) is 10.2. The van der Waals surface area contributed by atoms with Crippen LogP contribution in [0.4, 0.5) is 17.6 Å². The number of carbonyl (C=O) groups excluding carboxylic acids is 1. The van der Waals surface area contributed by atoms with E-state index >= 15 is 0 Å². The van der Waals surface area contributed by atoms with Crippen LogP contribution in [0.5, 0.6) is 0 Å². The predicted octanol–water partition coefficient (Wildman–Crippen LogP) is 6.36. The fourth-order valence-electron chi connectivity index (χ4n) is 3.92. The fourth-order valence-corrected chi connectivity index (χ4v) is 4.41. The first-order valence-electron chi connectivity index (χ1n) is 10.7. The predicted molar refractivity (Wildman–Crippen MR) is 132 cm³/mol. The van der Waals surface area contributed by atoms with Crippen molar-refractivity contribution in [3.05, 3.63) is 99.1 Å². The van der Waals surface area contributed by atoms with E-state index in [-0.39, 0.29) is 5.70 Å². The van der Waals surface area contributed by atoms with Crippen molar-refractivity contribution in [1.29, 1.82) is 0 Å². The highest BCUT2D eigenvalue weighted by Crippen LogP contribution is 2.49. The molecule has 0 spiro atoms. The number of carbonyl (C=O) groups is 1. The molecule has 1 heterocycles. The van der Waals surface area contributed by atoms with Crippen molar-refractivity contribution in [2.45, 2.75) is 18.7 Å². The van der Waals surface area contributed by atoms with Gasteiger partial charge in [-0.1, -0.05) is 53.5 Å². The number of hydrogen-bond donors (Lipinski definition) is 3. The highest BCUT2D eigenvalue weighted by atomic mass is 35.5. The number of amides is 1. The summed E-state index contributed by atoms with van der Waals surface area (Å²) < 4.78 is 57.1. The molecule has 1 amide bonds. The molecule has 1 aliphatic rings. The molecule has 0 bridgehead atoms. The average Bonchev–Trinajstić information content (AvgIpc) is 3.32. The summed E-state index contributed by atoms with van der Waals surface area (Å²) in [6.07, 6.45) is -2.72. The van der Waals surface area contributed by atoms with Crippen LogP contribution < -0.4 is 16.3 Å². The largest absolute Gasteiger partial charge is 0.428 e. The Morgan fingerprint density at radius 2 is 1.76 bits per heavy atom. The van der Waals surface area contributed by atoms with Crippen LogP contribution in [0, 0.1) is 5.82 Å². The van der Waals surface area contributed by atoms with Gasteiger partial charge in [-0.3, -0.25) is 25.4 Å². The van der Waals surface area contributed by atoms with Gasteiger partial charge in [0.15, 0.2) is 5.82 Å². The highest BCUT2D eigenvalue weighted by molar-refractivity contribution is 6.35. The Kier molecular flexibility index (Phi) is 7.38. The van der Waals surface area contributed by atoms with Crippen LogP contribution in [0.15, 0.2) is 66.5 Å². The molecule has 1 aliphatic heterocycles. The number of alkyl halides is 3. The van der Waals surface area contributed by atoms with Gasteiger partial charge in [0.2, 0.25) is 5.60 Å². The van der Waals surface area contributed by atoms with E-state index in [4.69, 9.17) is 32.9 Å². The number of benzene rings is 3. The monoisotopic (exact) mass is 555 g/mol. The molecule has 3 aromatic carbocycles. The van der Waals surface area contributed by atoms with Gasteiger partial charge in [0, 0.05) is 22.9 Å². The molecule has 12 heteroatoms. The van der Waals surface area contributed by atoms with Crippen molar-refractivity contribution in [3.8, 4) is 0 Å². The third kappa shape index (κ3) is 4.97. The molecule has 37 heavy (non-hydrogen) atoms. The number of halogens is 6. The van der Waals surface area contributed by atoms with Crippen molar-refractivity contribution >= 4 is 45.6 Å². The summed E-state index contributed by atoms with van der Waals surface area (Å²) in [6.45, 7) is 1.68. The minimum Gasteiger partial charge on any atom is -0.327 e. The summed E-state index contributed by atoms with van der Waals surface area (Å²) in [5, 5.41) is 2.45. The maximum Gasteiger partial charge on any atom is 0.428 e. The summed E-state index contributed by atoms with van der Waals surface area (Å²) in [4.78, 5) is 22.7. The van der Waals surface area contributed by atoms with E-state index in [0.29, 0.717) is 27.6 Å². The summed E-state index contributed by atoms with van der Waals surface area (Å²) in [5.74, 6) is -1.48. The zero-order valence-corrected chi connectivity index (χ0v) is 20.8. The van der Waals surface area contributed by atoms with Crippen LogP contribution >= 0.6 is 23.2 Å². The minimum absolute atomic E-state index is 0.0166. The molecule has 0 radical (unpaired) electrons. The summed E-state index contributed by atoms with van der Waals surface area (Å²) in [7, 11) is 1.42. The molecule has 6 nitrogen and oxygen atoms in total. The lowest BCUT2D eigenvalue weighted by atomic mass is 9.90. The van der Waals surface area contributed by atoms with Crippen LogP contribution in [0.25, 0.3) is 16.5 Å². The van der Waals surface area contributed by atoms with Crippen molar-refractivity contribution in [2.24, 2.45) is 0 Å². The number of allylic oxidation sites excluding steroid dienone is 1. The van der Waals surface area contributed by atoms with Gasteiger partial charge >= 0.3 is 6.18 Å². The maximum atomic E-state index is 14.4. The molecular weight excluding hydrogens is 537 g/mol. The standard InChI is InChI=1S/C25H19Cl2F4N3O3/c1-13(33-36-2)12-32-23(35)18-8-7-17(15-5-3-4-6-16(15)18)21-11-24(37-34-21,25(29,30)31)14-9-19(26)22(28)20(27)10-14/h3-12,33-34H,1-2H3,(H,32,35). The third-order valence-corrected chi connectivity index (χ3v) is 6.20. The first kappa shape index (κ1) is 26.7. The molecule has 194 valence electrons. The van der Waals surface area contributed by atoms with E-state index in [9.17, 15) is 22.4 Å². The zero-order chi connectivity index (χ0) is 27.0. The molecule has 3 aromatic rings. The van der Waals surface area contributed by atoms with Crippen LogP contribution in [0.2, 0.25) is 10.0 Å². The fraction of sp³-hybridized carbons (Fsp3) is 0.160. The molecule has 0 aromatic heterocycles. The van der Waals surface area contributed by atoms with Crippen LogP contribution in [0.3, 0.4) is 0 Å². The summed E-state index contributed by atoms with van der Waals surface area (Å²) >= 11 is 11.5. The number of fused-ring (bicyclic) bond motifs is 1. The number of hydrogen-bond acceptors (Lipinski definition) is 5. The van der Waals surface area contributed by atoms with Gasteiger partial charge in [0.25, 0.3) is 5.91 Å². The normalized spacial score (nSPS) is 17.9. The average molecular weight is 556 g/mol. The van der Waals surface area contributed by atoms with Gasteiger partial charge in [0.1, 0.15) is 0 Å². The lowest BCUT2D eigenvalue weighted by molar-refractivity contribution is -0.269. The number of nitrogens with one attached hydrogen (secondary N) is 3. The Labute approximate surface area is 218 Å². The SMILES string of the molecule is CONC(C)=CNC(=O)c1ccc(C2=CC(c3cc(Cl)c(F)c(Cl)c3)(C(F)(F)F)ON2)c2ccccc12. The lowest BCUT2D eigenvalue weighted by Gasteiger charge is -2.28. The first-order valence-corrected chi connectivity index (χ1v) is 11.4. The Hall–Kier alpha value is -3.31. The van der Waals surface area contributed by atoms with Crippen LogP contribution in [-0.2, 0) is 15.3 Å². The third-order valence-electron chi connectivity index (χ3n) is 5.65. The molecule has 1 unspecified atom stereocenters. The van der Waals surface area contributed by atoms with E-state index in [2.05, 4.69) is 16.3 Å². The smallest absolute Gasteiger partial charge is 0.327 e. The van der Waals surface area contributed by atoms with Gasteiger partial charge in [-0.15, -0.1) is 0 Å². The van der Waals surface area contributed by atoms with Gasteiger partial charge in [-0.2, -0.15) is 13.2 Å². The van der Waals surface area contributed by atoms with E-state index in [1.165, 1.54) is 25.4 Å². The lowest BCUT2D eigenvalue weighted by Crippen LogP contribution is -2.42. The Balaban J connectivity index is 1.81. The maximum absolute atomic E-state index is 14.4. The Morgan fingerprint density at radius 3 is 2.38 bits per heavy atom. The minimum atomic E-state index is -4.97. The molecule has 1 atom stereocenters. The zero-order valence-electron chi connectivity index (χ0n) is 19.3.